The highest BCUT2D eigenvalue weighted by molar-refractivity contribution is 5.87. The fraction of sp³-hybridized carbons (Fsp3) is 0.533. The summed E-state index contributed by atoms with van der Waals surface area (Å²) in [7, 11) is 0. The molecular weight excluding hydrogens is 247 g/mol. The number of carbonyl (C=O) groups is 1. The van der Waals surface area contributed by atoms with Gasteiger partial charge in [-0.3, -0.25) is 0 Å². The van der Waals surface area contributed by atoms with Crippen LogP contribution >= 0.6 is 0 Å². The minimum Gasteiger partial charge on any atom is -0.478 e. The van der Waals surface area contributed by atoms with Crippen molar-refractivity contribution in [1.82, 2.24) is 0 Å². The summed E-state index contributed by atoms with van der Waals surface area (Å²) in [5, 5.41) is 8.88. The van der Waals surface area contributed by atoms with E-state index >= 15 is 0 Å². The highest BCUT2D eigenvalue weighted by Gasteiger charge is 2.19. The zero-order valence-electron chi connectivity index (χ0n) is 11.1. The molecule has 0 radical (unpaired) electrons. The van der Waals surface area contributed by atoms with Crippen molar-refractivity contribution in [3.63, 3.8) is 0 Å². The molecule has 104 valence electrons. The Hall–Kier alpha value is -1.42. The van der Waals surface area contributed by atoms with Crippen LogP contribution < -0.4 is 0 Å². The molecular formula is C15H19FO3. The molecule has 0 saturated heterocycles. The predicted molar refractivity (Wildman–Crippen MR) is 69.6 cm³/mol. The molecule has 1 saturated carbocycles. The lowest BCUT2D eigenvalue weighted by Gasteiger charge is -2.26. The quantitative estimate of drug-likeness (QED) is 0.905. The van der Waals surface area contributed by atoms with Gasteiger partial charge in [0, 0.05) is 0 Å². The molecule has 0 heterocycles. The maximum Gasteiger partial charge on any atom is 0.335 e. The maximum atomic E-state index is 13.3. The summed E-state index contributed by atoms with van der Waals surface area (Å²) < 4.78 is 19.1. The van der Waals surface area contributed by atoms with Crippen molar-refractivity contribution in [2.75, 3.05) is 0 Å². The number of aromatic carboxylic acids is 1. The van der Waals surface area contributed by atoms with Gasteiger partial charge in [0.15, 0.2) is 0 Å². The summed E-state index contributed by atoms with van der Waals surface area (Å²) in [4.78, 5) is 10.8. The third-order valence-electron chi connectivity index (χ3n) is 3.58. The van der Waals surface area contributed by atoms with Crippen molar-refractivity contribution in [2.24, 2.45) is 5.92 Å². The van der Waals surface area contributed by atoms with Crippen molar-refractivity contribution in [3.8, 4) is 0 Å². The number of hydrogen-bond donors (Lipinski definition) is 1. The molecule has 2 unspecified atom stereocenters. The Kier molecular flexibility index (Phi) is 4.53. The molecule has 2 rings (SSSR count). The van der Waals surface area contributed by atoms with E-state index in [9.17, 15) is 9.18 Å². The van der Waals surface area contributed by atoms with Crippen LogP contribution in [0.2, 0.25) is 0 Å². The predicted octanol–water partition coefficient (Wildman–Crippen LogP) is 3.62. The number of ether oxygens (including phenoxy) is 1. The second kappa shape index (κ2) is 6.15. The van der Waals surface area contributed by atoms with E-state index in [1.165, 1.54) is 18.6 Å². The maximum absolute atomic E-state index is 13.3. The van der Waals surface area contributed by atoms with Gasteiger partial charge < -0.3 is 9.84 Å². The molecule has 1 fully saturated rings. The minimum atomic E-state index is -1.12. The van der Waals surface area contributed by atoms with E-state index in [0.29, 0.717) is 11.5 Å². The smallest absolute Gasteiger partial charge is 0.335 e. The summed E-state index contributed by atoms with van der Waals surface area (Å²) in [5.74, 6) is -0.983. The second-order valence-electron chi connectivity index (χ2n) is 5.36. The first-order valence-corrected chi connectivity index (χ1v) is 6.69. The zero-order chi connectivity index (χ0) is 13.8. The van der Waals surface area contributed by atoms with Gasteiger partial charge in [-0.15, -0.1) is 0 Å². The van der Waals surface area contributed by atoms with E-state index < -0.39 is 11.8 Å². The van der Waals surface area contributed by atoms with Gasteiger partial charge in [0.2, 0.25) is 0 Å². The monoisotopic (exact) mass is 266 g/mol. The third-order valence-corrected chi connectivity index (χ3v) is 3.58. The van der Waals surface area contributed by atoms with Gasteiger partial charge in [-0.1, -0.05) is 19.8 Å². The van der Waals surface area contributed by atoms with Crippen LogP contribution in [0.25, 0.3) is 0 Å². The lowest BCUT2D eigenvalue weighted by atomic mass is 9.89. The van der Waals surface area contributed by atoms with Crippen LogP contribution in [-0.2, 0) is 11.3 Å². The Morgan fingerprint density at radius 2 is 2.21 bits per heavy atom. The molecule has 0 amide bonds. The lowest BCUT2D eigenvalue weighted by molar-refractivity contribution is 0.00455. The van der Waals surface area contributed by atoms with Crippen molar-refractivity contribution < 1.29 is 19.0 Å². The second-order valence-corrected chi connectivity index (χ2v) is 5.36. The molecule has 1 aromatic carbocycles. The molecule has 19 heavy (non-hydrogen) atoms. The number of carboxylic acids is 1. The van der Waals surface area contributed by atoms with E-state index in [2.05, 4.69) is 6.92 Å². The van der Waals surface area contributed by atoms with Crippen LogP contribution in [0, 0.1) is 11.7 Å². The number of halogens is 1. The SMILES string of the molecule is CC1CCCC(OCc2cc(F)cc(C(=O)O)c2)C1. The van der Waals surface area contributed by atoms with Crippen LogP contribution in [-0.4, -0.2) is 17.2 Å². The largest absolute Gasteiger partial charge is 0.478 e. The topological polar surface area (TPSA) is 46.5 Å². The third kappa shape index (κ3) is 4.03. The normalized spacial score (nSPS) is 23.3. The van der Waals surface area contributed by atoms with Crippen molar-refractivity contribution in [2.45, 2.75) is 45.3 Å². The van der Waals surface area contributed by atoms with Gasteiger partial charge in [-0.2, -0.15) is 0 Å². The van der Waals surface area contributed by atoms with Gasteiger partial charge in [-0.05, 0) is 42.5 Å². The molecule has 0 spiro atoms. The fourth-order valence-electron chi connectivity index (χ4n) is 2.60. The average molecular weight is 266 g/mol. The fourth-order valence-corrected chi connectivity index (χ4v) is 2.60. The Labute approximate surface area is 112 Å². The van der Waals surface area contributed by atoms with Crippen LogP contribution in [0.4, 0.5) is 4.39 Å². The Balaban J connectivity index is 1.97. The Morgan fingerprint density at radius 1 is 1.42 bits per heavy atom. The number of benzene rings is 1. The minimum absolute atomic E-state index is 0.0318. The molecule has 0 bridgehead atoms. The van der Waals surface area contributed by atoms with Crippen LogP contribution in [0.5, 0.6) is 0 Å². The Morgan fingerprint density at radius 3 is 2.89 bits per heavy atom. The number of hydrogen-bond acceptors (Lipinski definition) is 2. The summed E-state index contributed by atoms with van der Waals surface area (Å²) in [6.07, 6.45) is 4.67. The molecule has 1 aromatic rings. The molecule has 1 N–H and O–H groups in total. The van der Waals surface area contributed by atoms with Crippen LogP contribution in [0.1, 0.15) is 48.5 Å². The zero-order valence-corrected chi connectivity index (χ0v) is 11.1. The van der Waals surface area contributed by atoms with Crippen LogP contribution in [0.15, 0.2) is 18.2 Å². The first-order chi connectivity index (χ1) is 9.04. The molecule has 1 aliphatic rings. The van der Waals surface area contributed by atoms with Crippen molar-refractivity contribution >= 4 is 5.97 Å². The summed E-state index contributed by atoms with van der Waals surface area (Å²) in [6, 6.07) is 3.82. The average Bonchev–Trinajstić information content (AvgIpc) is 2.36. The van der Waals surface area contributed by atoms with Crippen LogP contribution in [0.3, 0.4) is 0 Å². The van der Waals surface area contributed by atoms with Gasteiger partial charge in [0.25, 0.3) is 0 Å². The molecule has 2 atom stereocenters. The highest BCUT2D eigenvalue weighted by Crippen LogP contribution is 2.26. The molecule has 4 heteroatoms. The summed E-state index contributed by atoms with van der Waals surface area (Å²) >= 11 is 0. The van der Waals surface area contributed by atoms with E-state index in [1.807, 2.05) is 0 Å². The van der Waals surface area contributed by atoms with E-state index in [0.717, 1.165) is 25.3 Å². The molecule has 1 aliphatic carbocycles. The summed E-state index contributed by atoms with van der Waals surface area (Å²) in [6.45, 7) is 2.48. The van der Waals surface area contributed by atoms with E-state index in [1.54, 1.807) is 0 Å². The van der Waals surface area contributed by atoms with E-state index in [4.69, 9.17) is 9.84 Å². The Bertz CT molecular complexity index is 459. The van der Waals surface area contributed by atoms with Gasteiger partial charge in [0.05, 0.1) is 18.3 Å². The van der Waals surface area contributed by atoms with Crippen molar-refractivity contribution in [1.29, 1.82) is 0 Å². The standard InChI is InChI=1S/C15H19FO3/c1-10-3-2-4-14(5-10)19-9-11-6-12(15(17)18)8-13(16)7-11/h6-8,10,14H,2-5,9H2,1H3,(H,17,18). The van der Waals surface area contributed by atoms with E-state index in [-0.39, 0.29) is 18.3 Å². The molecule has 3 nitrogen and oxygen atoms in total. The van der Waals surface area contributed by atoms with Gasteiger partial charge in [-0.25, -0.2) is 9.18 Å². The highest BCUT2D eigenvalue weighted by atomic mass is 19.1. The van der Waals surface area contributed by atoms with Gasteiger partial charge in [0.1, 0.15) is 5.82 Å². The summed E-state index contributed by atoms with van der Waals surface area (Å²) in [5.41, 5.74) is 0.547. The molecule has 0 aliphatic heterocycles. The first kappa shape index (κ1) is 14.0. The number of rotatable bonds is 4. The first-order valence-electron chi connectivity index (χ1n) is 6.69. The van der Waals surface area contributed by atoms with Crippen molar-refractivity contribution in [3.05, 3.63) is 35.1 Å². The number of carboxylic acid groups (broad SMARTS) is 1. The lowest BCUT2D eigenvalue weighted by Crippen LogP contribution is -2.21. The molecule has 0 aromatic heterocycles. The van der Waals surface area contributed by atoms with Gasteiger partial charge >= 0.3 is 5.97 Å².